The number of likely N-dealkylation sites (tertiary alicyclic amines) is 1. The number of anilines is 1. The monoisotopic (exact) mass is 460 g/mol. The van der Waals surface area contributed by atoms with Crippen molar-refractivity contribution >= 4 is 29.2 Å². The van der Waals surface area contributed by atoms with Crippen LogP contribution >= 0.6 is 0 Å². The molecule has 1 aromatic rings. The van der Waals surface area contributed by atoms with Crippen LogP contribution in [0.25, 0.3) is 0 Å². The third kappa shape index (κ3) is 6.00. The van der Waals surface area contributed by atoms with Crippen molar-refractivity contribution < 1.29 is 24.0 Å². The Morgan fingerprint density at radius 3 is 2.27 bits per heavy atom. The zero-order chi connectivity index (χ0) is 24.0. The Labute approximate surface area is 193 Å². The van der Waals surface area contributed by atoms with Gasteiger partial charge < -0.3 is 19.4 Å². The number of para-hydroxylation sites is 2. The molecule has 2 aliphatic rings. The van der Waals surface area contributed by atoms with Crippen LogP contribution in [0.3, 0.4) is 0 Å². The molecule has 0 N–H and O–H groups in total. The number of ether oxygens (including phenoxy) is 1. The topological polar surface area (TPSA) is 113 Å². The van der Waals surface area contributed by atoms with Crippen LogP contribution in [0.1, 0.15) is 32.6 Å². The molecule has 180 valence electrons. The van der Waals surface area contributed by atoms with Gasteiger partial charge in [-0.15, -0.1) is 0 Å². The number of carbonyl (C=O) groups excluding carboxylic acids is 3. The van der Waals surface area contributed by atoms with Crippen LogP contribution in [0.15, 0.2) is 24.3 Å². The van der Waals surface area contributed by atoms with E-state index in [-0.39, 0.29) is 46.8 Å². The van der Waals surface area contributed by atoms with Crippen molar-refractivity contribution in [3.8, 4) is 0 Å². The number of nitro benzene ring substituents is 1. The maximum absolute atomic E-state index is 12.9. The molecule has 0 radical (unpaired) electrons. The maximum Gasteiger partial charge on any atom is 0.309 e. The number of benzene rings is 1. The average Bonchev–Trinajstić information content (AvgIpc) is 2.83. The number of likely N-dealkylation sites (N-methyl/N-ethyl adjacent to an activating group) is 1. The zero-order valence-corrected chi connectivity index (χ0v) is 19.3. The Balaban J connectivity index is 1.47. The molecule has 1 aromatic carbocycles. The van der Waals surface area contributed by atoms with Gasteiger partial charge in [0.2, 0.25) is 11.8 Å². The van der Waals surface area contributed by atoms with Gasteiger partial charge in [-0.1, -0.05) is 12.1 Å². The molecule has 2 saturated heterocycles. The number of amides is 2. The van der Waals surface area contributed by atoms with Crippen LogP contribution in [-0.4, -0.2) is 78.9 Å². The maximum atomic E-state index is 12.9. The summed E-state index contributed by atoms with van der Waals surface area (Å²) in [7, 11) is 1.64. The summed E-state index contributed by atoms with van der Waals surface area (Å²) in [5, 5.41) is 11.3. The highest BCUT2D eigenvalue weighted by Gasteiger charge is 2.32. The smallest absolute Gasteiger partial charge is 0.309 e. The Morgan fingerprint density at radius 1 is 1.06 bits per heavy atom. The molecular weight excluding hydrogens is 428 g/mol. The van der Waals surface area contributed by atoms with Crippen molar-refractivity contribution in [2.45, 2.75) is 32.6 Å². The van der Waals surface area contributed by atoms with Crippen molar-refractivity contribution in [1.82, 2.24) is 9.80 Å². The van der Waals surface area contributed by atoms with Gasteiger partial charge in [-0.05, 0) is 38.7 Å². The molecule has 0 unspecified atom stereocenters. The molecule has 10 heteroatoms. The minimum Gasteiger partial charge on any atom is -0.466 e. The summed E-state index contributed by atoms with van der Waals surface area (Å²) in [5.41, 5.74) is 0.639. The highest BCUT2D eigenvalue weighted by atomic mass is 16.6. The lowest BCUT2D eigenvalue weighted by molar-refractivity contribution is -0.384. The number of piperidine rings is 2. The number of hydrogen-bond donors (Lipinski definition) is 0. The number of nitro groups is 1. The third-order valence-electron chi connectivity index (χ3n) is 6.48. The van der Waals surface area contributed by atoms with Gasteiger partial charge in [-0.3, -0.25) is 24.5 Å². The minimum atomic E-state index is -0.387. The third-order valence-corrected chi connectivity index (χ3v) is 6.48. The first-order chi connectivity index (χ1) is 15.8. The average molecular weight is 461 g/mol. The predicted octanol–water partition coefficient (Wildman–Crippen LogP) is 2.07. The molecule has 2 amide bonds. The van der Waals surface area contributed by atoms with Crippen LogP contribution in [0, 0.1) is 22.0 Å². The van der Waals surface area contributed by atoms with E-state index in [1.165, 1.54) is 11.0 Å². The summed E-state index contributed by atoms with van der Waals surface area (Å²) in [4.78, 5) is 53.5. The van der Waals surface area contributed by atoms with Crippen LogP contribution in [0.2, 0.25) is 0 Å². The Morgan fingerprint density at radius 2 is 1.67 bits per heavy atom. The van der Waals surface area contributed by atoms with Crippen LogP contribution < -0.4 is 4.90 Å². The van der Waals surface area contributed by atoms with E-state index in [0.717, 1.165) is 0 Å². The van der Waals surface area contributed by atoms with Crippen molar-refractivity contribution in [3.63, 3.8) is 0 Å². The minimum absolute atomic E-state index is 0.00722. The largest absolute Gasteiger partial charge is 0.466 e. The lowest BCUT2D eigenvalue weighted by Crippen LogP contribution is -2.47. The van der Waals surface area contributed by atoms with E-state index in [4.69, 9.17) is 4.74 Å². The summed E-state index contributed by atoms with van der Waals surface area (Å²) in [6, 6.07) is 6.63. The summed E-state index contributed by atoms with van der Waals surface area (Å²) in [6.45, 7) is 4.20. The van der Waals surface area contributed by atoms with Crippen molar-refractivity contribution in [2.75, 3.05) is 51.3 Å². The second kappa shape index (κ2) is 11.1. The quantitative estimate of drug-likeness (QED) is 0.348. The van der Waals surface area contributed by atoms with E-state index in [1.54, 1.807) is 37.1 Å². The van der Waals surface area contributed by atoms with E-state index in [1.807, 2.05) is 4.90 Å². The second-order valence-corrected chi connectivity index (χ2v) is 8.61. The van der Waals surface area contributed by atoms with Gasteiger partial charge in [-0.25, -0.2) is 0 Å². The lowest BCUT2D eigenvalue weighted by Gasteiger charge is -2.35. The molecule has 0 bridgehead atoms. The molecule has 0 aromatic heterocycles. The fourth-order valence-electron chi connectivity index (χ4n) is 4.57. The first-order valence-corrected chi connectivity index (χ1v) is 11.5. The van der Waals surface area contributed by atoms with E-state index < -0.39 is 0 Å². The fourth-order valence-corrected chi connectivity index (χ4v) is 4.57. The van der Waals surface area contributed by atoms with Gasteiger partial charge in [0.15, 0.2) is 0 Å². The van der Waals surface area contributed by atoms with Crippen molar-refractivity contribution in [3.05, 3.63) is 34.4 Å². The van der Waals surface area contributed by atoms with E-state index in [0.29, 0.717) is 64.2 Å². The van der Waals surface area contributed by atoms with E-state index in [9.17, 15) is 24.5 Å². The van der Waals surface area contributed by atoms with Crippen LogP contribution in [0.5, 0.6) is 0 Å². The second-order valence-electron chi connectivity index (χ2n) is 8.61. The number of carbonyl (C=O) groups is 3. The van der Waals surface area contributed by atoms with Crippen LogP contribution in [-0.2, 0) is 19.1 Å². The van der Waals surface area contributed by atoms with E-state index in [2.05, 4.69) is 0 Å². The summed E-state index contributed by atoms with van der Waals surface area (Å²) < 4.78 is 5.06. The first kappa shape index (κ1) is 24.5. The molecule has 0 spiro atoms. The van der Waals surface area contributed by atoms with Gasteiger partial charge >= 0.3 is 5.97 Å². The Kier molecular flexibility index (Phi) is 8.24. The van der Waals surface area contributed by atoms with Crippen molar-refractivity contribution in [1.29, 1.82) is 0 Å². The van der Waals surface area contributed by atoms with Crippen LogP contribution in [0.4, 0.5) is 11.4 Å². The number of nitrogens with zero attached hydrogens (tertiary/aromatic N) is 4. The highest BCUT2D eigenvalue weighted by Crippen LogP contribution is 2.31. The molecule has 0 atom stereocenters. The molecule has 10 nitrogen and oxygen atoms in total. The molecular formula is C23H32N4O6. The predicted molar refractivity (Wildman–Crippen MR) is 122 cm³/mol. The molecule has 0 saturated carbocycles. The fraction of sp³-hybridized carbons (Fsp3) is 0.609. The molecule has 33 heavy (non-hydrogen) atoms. The lowest BCUT2D eigenvalue weighted by atomic mass is 9.94. The molecule has 2 heterocycles. The van der Waals surface area contributed by atoms with Gasteiger partial charge in [0.1, 0.15) is 5.69 Å². The zero-order valence-electron chi connectivity index (χ0n) is 19.3. The number of hydrogen-bond acceptors (Lipinski definition) is 7. The standard InChI is InChI=1S/C23H32N4O6/c1-3-33-23(30)18-10-14-26(15-11-18)21(28)16-24(2)22(29)17-8-12-25(13-9-17)19-6-4-5-7-20(19)27(31)32/h4-7,17-18H,3,8-16H2,1-2H3. The Bertz CT molecular complexity index is 875. The molecule has 2 aliphatic heterocycles. The number of esters is 1. The molecule has 0 aliphatic carbocycles. The normalized spacial score (nSPS) is 17.5. The van der Waals surface area contributed by atoms with E-state index >= 15 is 0 Å². The number of rotatable bonds is 7. The molecule has 2 fully saturated rings. The van der Waals surface area contributed by atoms with Gasteiger partial charge in [0, 0.05) is 45.2 Å². The summed E-state index contributed by atoms with van der Waals surface area (Å²) >= 11 is 0. The molecule has 3 rings (SSSR count). The van der Waals surface area contributed by atoms with Gasteiger partial charge in [0.05, 0.1) is 24.0 Å². The van der Waals surface area contributed by atoms with Gasteiger partial charge in [0.25, 0.3) is 5.69 Å². The summed E-state index contributed by atoms with van der Waals surface area (Å²) in [6.07, 6.45) is 2.31. The van der Waals surface area contributed by atoms with Gasteiger partial charge in [-0.2, -0.15) is 0 Å². The SMILES string of the molecule is CCOC(=O)C1CCN(C(=O)CN(C)C(=O)C2CCN(c3ccccc3[N+](=O)[O-])CC2)CC1. The summed E-state index contributed by atoms with van der Waals surface area (Å²) in [5.74, 6) is -0.781. The Hall–Kier alpha value is -3.17. The highest BCUT2D eigenvalue weighted by molar-refractivity contribution is 5.86. The first-order valence-electron chi connectivity index (χ1n) is 11.5. The van der Waals surface area contributed by atoms with Crippen molar-refractivity contribution in [2.24, 2.45) is 11.8 Å².